The van der Waals surface area contributed by atoms with E-state index in [1.807, 2.05) is 30.3 Å². The predicted molar refractivity (Wildman–Crippen MR) is 115 cm³/mol. The van der Waals surface area contributed by atoms with Gasteiger partial charge in [-0.05, 0) is 42.6 Å². The molecular weight excluding hydrogens is 370 g/mol. The van der Waals surface area contributed by atoms with E-state index < -0.39 is 0 Å². The van der Waals surface area contributed by atoms with Crippen molar-refractivity contribution in [1.82, 2.24) is 5.32 Å². The Morgan fingerprint density at radius 1 is 0.893 bits per heavy atom. The van der Waals surface area contributed by atoms with Gasteiger partial charge in [0.1, 0.15) is 6.61 Å². The van der Waals surface area contributed by atoms with E-state index in [4.69, 9.17) is 21.1 Å². The first-order valence-corrected chi connectivity index (χ1v) is 9.83. The van der Waals surface area contributed by atoms with Gasteiger partial charge in [-0.1, -0.05) is 71.8 Å². The Balaban J connectivity index is 1.59. The standard InChI is InChI=1S/C24H26ClNO2/c1-18-7-6-10-20(13-18)17-28-24-15-22(25)21(14-23(24)27-2)16-26-12-11-19-8-4-3-5-9-19/h3-10,13-15,26H,11-12,16-17H2,1-2H3. The van der Waals surface area contributed by atoms with Crippen molar-refractivity contribution in [2.45, 2.75) is 26.5 Å². The van der Waals surface area contributed by atoms with Crippen LogP contribution in [0.5, 0.6) is 11.5 Å². The summed E-state index contributed by atoms with van der Waals surface area (Å²) in [6.07, 6.45) is 0.979. The largest absolute Gasteiger partial charge is 0.493 e. The number of benzene rings is 3. The number of hydrogen-bond acceptors (Lipinski definition) is 3. The second-order valence-corrected chi connectivity index (χ2v) is 7.19. The summed E-state index contributed by atoms with van der Waals surface area (Å²) in [5.74, 6) is 1.35. The number of halogens is 1. The number of aryl methyl sites for hydroxylation is 1. The van der Waals surface area contributed by atoms with Crippen molar-refractivity contribution in [3.05, 3.63) is 94.0 Å². The van der Waals surface area contributed by atoms with Gasteiger partial charge in [0.2, 0.25) is 0 Å². The number of rotatable bonds is 9. The minimum absolute atomic E-state index is 0.475. The highest BCUT2D eigenvalue weighted by Gasteiger charge is 2.11. The van der Waals surface area contributed by atoms with E-state index in [1.165, 1.54) is 11.1 Å². The molecule has 0 saturated heterocycles. The van der Waals surface area contributed by atoms with Gasteiger partial charge in [0.05, 0.1) is 7.11 Å². The van der Waals surface area contributed by atoms with Crippen molar-refractivity contribution >= 4 is 11.6 Å². The second kappa shape index (κ2) is 10.2. The molecule has 3 aromatic rings. The van der Waals surface area contributed by atoms with Crippen molar-refractivity contribution in [3.63, 3.8) is 0 Å². The molecule has 1 N–H and O–H groups in total. The van der Waals surface area contributed by atoms with Gasteiger partial charge < -0.3 is 14.8 Å². The van der Waals surface area contributed by atoms with E-state index in [1.54, 1.807) is 7.11 Å². The van der Waals surface area contributed by atoms with Crippen LogP contribution in [0.25, 0.3) is 0 Å². The lowest BCUT2D eigenvalue weighted by Crippen LogP contribution is -2.17. The Bertz CT molecular complexity index is 896. The molecule has 28 heavy (non-hydrogen) atoms. The summed E-state index contributed by atoms with van der Waals surface area (Å²) >= 11 is 6.49. The number of methoxy groups -OCH3 is 1. The van der Waals surface area contributed by atoms with E-state index in [0.29, 0.717) is 29.7 Å². The quantitative estimate of drug-likeness (QED) is 0.480. The minimum atomic E-state index is 0.475. The Morgan fingerprint density at radius 3 is 2.43 bits per heavy atom. The summed E-state index contributed by atoms with van der Waals surface area (Å²) in [4.78, 5) is 0. The lowest BCUT2D eigenvalue weighted by atomic mass is 10.1. The summed E-state index contributed by atoms with van der Waals surface area (Å²) in [5, 5.41) is 4.12. The Hall–Kier alpha value is -2.49. The maximum absolute atomic E-state index is 6.49. The molecule has 0 radical (unpaired) electrons. The molecular formula is C24H26ClNO2. The molecule has 0 heterocycles. The maximum Gasteiger partial charge on any atom is 0.163 e. The molecule has 146 valence electrons. The fourth-order valence-corrected chi connectivity index (χ4v) is 3.27. The van der Waals surface area contributed by atoms with Crippen LogP contribution in [0.2, 0.25) is 5.02 Å². The van der Waals surface area contributed by atoms with Crippen LogP contribution in [0.1, 0.15) is 22.3 Å². The van der Waals surface area contributed by atoms with Gasteiger partial charge in [-0.15, -0.1) is 0 Å². The molecule has 0 amide bonds. The van der Waals surface area contributed by atoms with Crippen molar-refractivity contribution in [2.75, 3.05) is 13.7 Å². The zero-order valence-electron chi connectivity index (χ0n) is 16.4. The van der Waals surface area contributed by atoms with E-state index >= 15 is 0 Å². The number of nitrogens with one attached hydrogen (secondary N) is 1. The van der Waals surface area contributed by atoms with E-state index in [9.17, 15) is 0 Å². The monoisotopic (exact) mass is 395 g/mol. The van der Waals surface area contributed by atoms with Crippen LogP contribution in [0, 0.1) is 6.92 Å². The van der Waals surface area contributed by atoms with Gasteiger partial charge in [0.25, 0.3) is 0 Å². The average Bonchev–Trinajstić information content (AvgIpc) is 2.71. The molecule has 0 unspecified atom stereocenters. The molecule has 0 aliphatic rings. The highest BCUT2D eigenvalue weighted by atomic mass is 35.5. The minimum Gasteiger partial charge on any atom is -0.493 e. The molecule has 3 rings (SSSR count). The molecule has 3 nitrogen and oxygen atoms in total. The van der Waals surface area contributed by atoms with Gasteiger partial charge in [-0.3, -0.25) is 0 Å². The molecule has 0 bridgehead atoms. The van der Waals surface area contributed by atoms with E-state index in [-0.39, 0.29) is 0 Å². The van der Waals surface area contributed by atoms with Crippen LogP contribution in [-0.2, 0) is 19.6 Å². The lowest BCUT2D eigenvalue weighted by molar-refractivity contribution is 0.284. The van der Waals surface area contributed by atoms with E-state index in [0.717, 1.165) is 24.1 Å². The first-order valence-electron chi connectivity index (χ1n) is 9.45. The molecule has 0 aromatic heterocycles. The Morgan fingerprint density at radius 2 is 1.68 bits per heavy atom. The molecule has 3 aromatic carbocycles. The maximum atomic E-state index is 6.49. The molecule has 0 spiro atoms. The van der Waals surface area contributed by atoms with Gasteiger partial charge in [-0.25, -0.2) is 0 Å². The average molecular weight is 396 g/mol. The SMILES string of the molecule is COc1cc(CNCCc2ccccc2)c(Cl)cc1OCc1cccc(C)c1. The zero-order chi connectivity index (χ0) is 19.8. The summed E-state index contributed by atoms with van der Waals surface area (Å²) < 4.78 is 11.5. The second-order valence-electron chi connectivity index (χ2n) is 6.78. The highest BCUT2D eigenvalue weighted by Crippen LogP contribution is 2.34. The third-order valence-corrected chi connectivity index (χ3v) is 4.91. The van der Waals surface area contributed by atoms with Crippen LogP contribution in [-0.4, -0.2) is 13.7 Å². The molecule has 0 aliphatic carbocycles. The summed E-state index contributed by atoms with van der Waals surface area (Å²) in [7, 11) is 1.65. The predicted octanol–water partition coefficient (Wildman–Crippen LogP) is 5.57. The number of hydrogen-bond donors (Lipinski definition) is 1. The Labute approximate surface area is 172 Å². The highest BCUT2D eigenvalue weighted by molar-refractivity contribution is 6.31. The fraction of sp³-hybridized carbons (Fsp3) is 0.250. The van der Waals surface area contributed by atoms with Crippen LogP contribution >= 0.6 is 11.6 Å². The summed E-state index contributed by atoms with van der Waals surface area (Å²) in [6, 6.07) is 22.5. The van der Waals surface area contributed by atoms with Crippen molar-refractivity contribution < 1.29 is 9.47 Å². The van der Waals surface area contributed by atoms with E-state index in [2.05, 4.69) is 48.6 Å². The van der Waals surface area contributed by atoms with Gasteiger partial charge in [0, 0.05) is 17.6 Å². The summed E-state index contributed by atoms with van der Waals surface area (Å²) in [6.45, 7) is 4.11. The molecule has 4 heteroatoms. The smallest absolute Gasteiger partial charge is 0.163 e. The Kier molecular flexibility index (Phi) is 7.35. The van der Waals surface area contributed by atoms with Crippen LogP contribution in [0.15, 0.2) is 66.7 Å². The normalized spacial score (nSPS) is 10.7. The topological polar surface area (TPSA) is 30.5 Å². The van der Waals surface area contributed by atoms with Crippen LogP contribution in [0.3, 0.4) is 0 Å². The molecule has 0 aliphatic heterocycles. The zero-order valence-corrected chi connectivity index (χ0v) is 17.1. The molecule has 0 fully saturated rings. The molecule has 0 atom stereocenters. The van der Waals surface area contributed by atoms with Crippen LogP contribution < -0.4 is 14.8 Å². The van der Waals surface area contributed by atoms with Crippen LogP contribution in [0.4, 0.5) is 0 Å². The first-order chi connectivity index (χ1) is 13.7. The van der Waals surface area contributed by atoms with Crippen molar-refractivity contribution in [1.29, 1.82) is 0 Å². The third-order valence-electron chi connectivity index (χ3n) is 4.56. The van der Waals surface area contributed by atoms with Gasteiger partial charge in [0.15, 0.2) is 11.5 Å². The fourth-order valence-electron chi connectivity index (χ4n) is 3.05. The van der Waals surface area contributed by atoms with Crippen molar-refractivity contribution in [3.8, 4) is 11.5 Å². The van der Waals surface area contributed by atoms with Crippen molar-refractivity contribution in [2.24, 2.45) is 0 Å². The molecule has 0 saturated carbocycles. The number of ether oxygens (including phenoxy) is 2. The first kappa shape index (κ1) is 20.2. The third kappa shape index (κ3) is 5.75. The summed E-state index contributed by atoms with van der Waals surface area (Å²) in [5.41, 5.74) is 4.64. The lowest BCUT2D eigenvalue weighted by Gasteiger charge is -2.14. The van der Waals surface area contributed by atoms with Gasteiger partial charge >= 0.3 is 0 Å². The van der Waals surface area contributed by atoms with Gasteiger partial charge in [-0.2, -0.15) is 0 Å².